The van der Waals surface area contributed by atoms with E-state index in [0.29, 0.717) is 5.69 Å². The van der Waals surface area contributed by atoms with E-state index in [4.69, 9.17) is 0 Å². The lowest BCUT2D eigenvalue weighted by Crippen LogP contribution is -2.50. The molecular formula is C16H15F3N4O2. The lowest BCUT2D eigenvalue weighted by Gasteiger charge is -2.34. The molecule has 1 N–H and O–H groups in total. The minimum atomic E-state index is -4.63. The van der Waals surface area contributed by atoms with Crippen molar-refractivity contribution in [3.63, 3.8) is 0 Å². The highest BCUT2D eigenvalue weighted by atomic mass is 19.4. The fourth-order valence-corrected chi connectivity index (χ4v) is 2.77. The van der Waals surface area contributed by atoms with Gasteiger partial charge >= 0.3 is 6.18 Å². The van der Waals surface area contributed by atoms with E-state index in [1.165, 1.54) is 4.90 Å². The van der Waals surface area contributed by atoms with Crippen molar-refractivity contribution in [3.8, 4) is 0 Å². The minimum Gasteiger partial charge on any atom is -0.325 e. The summed E-state index contributed by atoms with van der Waals surface area (Å²) in [6.07, 6.45) is -3.73. The van der Waals surface area contributed by atoms with Gasteiger partial charge in [0.15, 0.2) is 0 Å². The average molecular weight is 352 g/mol. The molecule has 25 heavy (non-hydrogen) atoms. The molecule has 2 heterocycles. The second-order valence-electron chi connectivity index (χ2n) is 5.77. The Hall–Kier alpha value is -2.84. The number of rotatable bonds is 3. The second-order valence-corrected chi connectivity index (χ2v) is 5.77. The van der Waals surface area contributed by atoms with Crippen LogP contribution < -0.4 is 5.32 Å². The van der Waals surface area contributed by atoms with Crippen molar-refractivity contribution in [2.24, 2.45) is 0 Å². The molecule has 1 aliphatic rings. The van der Waals surface area contributed by atoms with Crippen LogP contribution in [0.3, 0.4) is 0 Å². The van der Waals surface area contributed by atoms with Crippen LogP contribution in [0.1, 0.15) is 23.2 Å². The van der Waals surface area contributed by atoms with Crippen molar-refractivity contribution in [1.29, 1.82) is 0 Å². The Morgan fingerprint density at radius 3 is 2.64 bits per heavy atom. The van der Waals surface area contributed by atoms with E-state index < -0.39 is 29.9 Å². The van der Waals surface area contributed by atoms with Crippen molar-refractivity contribution in [1.82, 2.24) is 14.5 Å². The van der Waals surface area contributed by atoms with Crippen LogP contribution in [0.25, 0.3) is 0 Å². The molecule has 0 bridgehead atoms. The monoisotopic (exact) mass is 352 g/mol. The summed E-state index contributed by atoms with van der Waals surface area (Å²) in [5, 5.41) is 2.65. The molecular weight excluding hydrogens is 337 g/mol. The number of anilines is 1. The molecule has 1 aromatic carbocycles. The quantitative estimate of drug-likeness (QED) is 0.922. The SMILES string of the molecule is CC1Cn2c(cnc2C(F)(F)F)C(=O)N1CC(=O)Nc1ccccc1. The Bertz CT molecular complexity index is 801. The van der Waals surface area contributed by atoms with Gasteiger partial charge in [0.1, 0.15) is 12.2 Å². The molecule has 0 spiro atoms. The van der Waals surface area contributed by atoms with E-state index in [1.807, 2.05) is 0 Å². The van der Waals surface area contributed by atoms with Crippen molar-refractivity contribution < 1.29 is 22.8 Å². The largest absolute Gasteiger partial charge is 0.449 e. The summed E-state index contributed by atoms with van der Waals surface area (Å²) in [6, 6.07) is 8.12. The summed E-state index contributed by atoms with van der Waals surface area (Å²) >= 11 is 0. The Labute approximate surface area is 141 Å². The van der Waals surface area contributed by atoms with E-state index in [1.54, 1.807) is 37.3 Å². The summed E-state index contributed by atoms with van der Waals surface area (Å²) in [6.45, 7) is 1.27. The molecule has 0 fully saturated rings. The molecule has 2 amide bonds. The third-order valence-electron chi connectivity index (χ3n) is 3.94. The third-order valence-corrected chi connectivity index (χ3v) is 3.94. The van der Waals surface area contributed by atoms with E-state index in [9.17, 15) is 22.8 Å². The number of carbonyl (C=O) groups is 2. The number of para-hydroxylation sites is 1. The average Bonchev–Trinajstić information content (AvgIpc) is 2.96. The maximum absolute atomic E-state index is 12.9. The van der Waals surface area contributed by atoms with Crippen LogP contribution >= 0.6 is 0 Å². The van der Waals surface area contributed by atoms with Crippen LogP contribution in [0.2, 0.25) is 0 Å². The Balaban J connectivity index is 1.77. The highest BCUT2D eigenvalue weighted by Gasteiger charge is 2.42. The molecule has 0 saturated carbocycles. The van der Waals surface area contributed by atoms with E-state index in [2.05, 4.69) is 10.3 Å². The number of nitrogens with one attached hydrogen (secondary N) is 1. The number of nitrogens with zero attached hydrogens (tertiary/aromatic N) is 3. The van der Waals surface area contributed by atoms with E-state index in [0.717, 1.165) is 10.8 Å². The lowest BCUT2D eigenvalue weighted by atomic mass is 10.2. The van der Waals surface area contributed by atoms with Gasteiger partial charge < -0.3 is 14.8 Å². The maximum Gasteiger partial charge on any atom is 0.449 e. The van der Waals surface area contributed by atoms with Crippen molar-refractivity contribution >= 4 is 17.5 Å². The number of alkyl halides is 3. The summed E-state index contributed by atoms with van der Waals surface area (Å²) in [5.41, 5.74) is 0.409. The van der Waals surface area contributed by atoms with Gasteiger partial charge in [-0.15, -0.1) is 0 Å². The maximum atomic E-state index is 12.9. The minimum absolute atomic E-state index is 0.0749. The van der Waals surface area contributed by atoms with Gasteiger partial charge in [-0.05, 0) is 19.1 Å². The molecule has 6 nitrogen and oxygen atoms in total. The van der Waals surface area contributed by atoms with Gasteiger partial charge in [-0.3, -0.25) is 9.59 Å². The van der Waals surface area contributed by atoms with Gasteiger partial charge in [0.2, 0.25) is 11.7 Å². The topological polar surface area (TPSA) is 67.2 Å². The van der Waals surface area contributed by atoms with Crippen LogP contribution in [-0.2, 0) is 17.5 Å². The Kier molecular flexibility index (Phi) is 4.23. The van der Waals surface area contributed by atoms with Gasteiger partial charge in [0, 0.05) is 18.3 Å². The number of benzene rings is 1. The lowest BCUT2D eigenvalue weighted by molar-refractivity contribution is -0.147. The zero-order valence-corrected chi connectivity index (χ0v) is 13.2. The third kappa shape index (κ3) is 3.35. The van der Waals surface area contributed by atoms with E-state index in [-0.39, 0.29) is 18.8 Å². The Morgan fingerprint density at radius 1 is 1.32 bits per heavy atom. The van der Waals surface area contributed by atoms with Crippen molar-refractivity contribution in [2.75, 3.05) is 11.9 Å². The zero-order chi connectivity index (χ0) is 18.2. The highest BCUT2D eigenvalue weighted by molar-refractivity contribution is 5.99. The predicted octanol–water partition coefficient (Wildman–Crippen LogP) is 2.38. The molecule has 1 aliphatic heterocycles. The molecule has 1 atom stereocenters. The van der Waals surface area contributed by atoms with Gasteiger partial charge in [-0.2, -0.15) is 13.2 Å². The number of hydrogen-bond acceptors (Lipinski definition) is 3. The van der Waals surface area contributed by atoms with Crippen LogP contribution in [0, 0.1) is 0 Å². The molecule has 3 rings (SSSR count). The molecule has 1 aromatic heterocycles. The summed E-state index contributed by atoms with van der Waals surface area (Å²) in [7, 11) is 0. The van der Waals surface area contributed by atoms with Crippen LogP contribution in [-0.4, -0.2) is 38.9 Å². The van der Waals surface area contributed by atoms with Crippen LogP contribution in [0.5, 0.6) is 0 Å². The normalized spacial score (nSPS) is 17.4. The smallest absolute Gasteiger partial charge is 0.325 e. The standard InChI is InChI=1S/C16H15F3N4O2/c1-10-8-23-12(7-20-15(23)16(17,18)19)14(25)22(10)9-13(24)21-11-5-3-2-4-6-11/h2-7,10H,8-9H2,1H3,(H,21,24). The van der Waals surface area contributed by atoms with Crippen molar-refractivity contribution in [3.05, 3.63) is 48.0 Å². The van der Waals surface area contributed by atoms with Crippen LogP contribution in [0.4, 0.5) is 18.9 Å². The number of imidazole rings is 1. The summed E-state index contributed by atoms with van der Waals surface area (Å²) < 4.78 is 39.7. The number of fused-ring (bicyclic) bond motifs is 1. The molecule has 0 saturated heterocycles. The molecule has 2 aromatic rings. The number of carbonyl (C=O) groups excluding carboxylic acids is 2. The first-order valence-corrected chi connectivity index (χ1v) is 7.56. The fraction of sp³-hybridized carbons (Fsp3) is 0.312. The second kappa shape index (κ2) is 6.23. The van der Waals surface area contributed by atoms with E-state index >= 15 is 0 Å². The van der Waals surface area contributed by atoms with Gasteiger partial charge in [0.05, 0.1) is 6.20 Å². The highest BCUT2D eigenvalue weighted by Crippen LogP contribution is 2.31. The summed E-state index contributed by atoms with van der Waals surface area (Å²) in [4.78, 5) is 29.2. The molecule has 132 valence electrons. The van der Waals surface area contributed by atoms with Gasteiger partial charge in [-0.25, -0.2) is 4.98 Å². The first-order valence-electron chi connectivity index (χ1n) is 7.56. The summed E-state index contributed by atoms with van der Waals surface area (Å²) in [5.74, 6) is -2.17. The van der Waals surface area contributed by atoms with Gasteiger partial charge in [-0.1, -0.05) is 18.2 Å². The molecule has 0 radical (unpaired) electrons. The molecule has 9 heteroatoms. The molecule has 1 unspecified atom stereocenters. The van der Waals surface area contributed by atoms with Gasteiger partial charge in [0.25, 0.3) is 5.91 Å². The Morgan fingerprint density at radius 2 is 2.00 bits per heavy atom. The number of halogens is 3. The number of aromatic nitrogens is 2. The number of amides is 2. The number of hydrogen-bond donors (Lipinski definition) is 1. The van der Waals surface area contributed by atoms with Crippen molar-refractivity contribution in [2.45, 2.75) is 25.7 Å². The first-order chi connectivity index (χ1) is 11.8. The zero-order valence-electron chi connectivity index (χ0n) is 13.2. The predicted molar refractivity (Wildman–Crippen MR) is 82.8 cm³/mol. The van der Waals surface area contributed by atoms with Crippen LogP contribution in [0.15, 0.2) is 36.5 Å². The fourth-order valence-electron chi connectivity index (χ4n) is 2.77. The first kappa shape index (κ1) is 17.0. The molecule has 0 aliphatic carbocycles.